The van der Waals surface area contributed by atoms with E-state index >= 15 is 0 Å². The monoisotopic (exact) mass is 744 g/mol. The fraction of sp³-hybridized carbons (Fsp3) is 0.730. The number of methoxy groups -OCH3 is 1. The maximum absolute atomic E-state index is 13.9. The summed E-state index contributed by atoms with van der Waals surface area (Å²) in [6.45, 7) is 9.58. The first-order valence-corrected chi connectivity index (χ1v) is 17.8. The van der Waals surface area contributed by atoms with Crippen molar-refractivity contribution in [2.75, 3.05) is 13.7 Å². The van der Waals surface area contributed by atoms with Crippen molar-refractivity contribution >= 4 is 35.8 Å². The van der Waals surface area contributed by atoms with Crippen LogP contribution in [0.4, 0.5) is 0 Å². The van der Waals surface area contributed by atoms with Crippen LogP contribution < -0.4 is 0 Å². The van der Waals surface area contributed by atoms with Gasteiger partial charge in [0.1, 0.15) is 29.5 Å². The van der Waals surface area contributed by atoms with E-state index < -0.39 is 117 Å². The molecule has 13 atom stereocenters. The number of esters is 6. The second kappa shape index (κ2) is 10.8. The zero-order valence-corrected chi connectivity index (χ0v) is 30.9. The Morgan fingerprint density at radius 1 is 0.849 bits per heavy atom. The molecule has 1 aromatic heterocycles. The SMILES string of the molecule is COC(=O)C[C@H]1[C@]2(C)C[C@@]34OC5(C)O[C@]6([C@@H]7CC(=O)O[C@@H](c8ccoc8)[C@]7(C)CC[C@]6(O5)[C@]13COC(C)=O)[C@H](OC(C)=O)[C@@]4(OC(C)=O)[C@H]2OC(C)=O. The standard InChI is InChI=1S/C37H44O16/c1-18(38)46-17-33-23(13-25(42)44-8)31(6)16-35(33)37(50-21(4)41,28(31)47-19(2)39)29(48-20(3)40)36-24-14-26(43)49-27(22-9-12-45-15-22)30(24,5)10-11-34(33,36)51-32(7,52-35)53-36/h9,12,15,23-24,27-29H,10-11,13-14,16-17H2,1-8H3/t23-,24+,27-,28-,29-,30+,31-,32?,33-,34-,35+,36+,37-/m0/s1. The predicted octanol–water partition coefficient (Wildman–Crippen LogP) is 2.98. The van der Waals surface area contributed by atoms with Crippen molar-refractivity contribution in [1.29, 1.82) is 0 Å². The molecule has 4 aliphatic carbocycles. The Bertz CT molecular complexity index is 1820. The van der Waals surface area contributed by atoms with Crippen LogP contribution in [0, 0.1) is 28.1 Å². The van der Waals surface area contributed by atoms with E-state index in [0.717, 1.165) is 0 Å². The largest absolute Gasteiger partial charge is 0.472 e. The molecule has 4 saturated carbocycles. The maximum atomic E-state index is 13.9. The highest BCUT2D eigenvalue weighted by atomic mass is 16.9. The van der Waals surface area contributed by atoms with Crippen LogP contribution in [0.3, 0.4) is 0 Å². The molecular weight excluding hydrogens is 700 g/mol. The summed E-state index contributed by atoms with van der Waals surface area (Å²) in [4.78, 5) is 80.8. The normalized spacial score (nSPS) is 47.8. The molecule has 1 unspecified atom stereocenters. The lowest BCUT2D eigenvalue weighted by Crippen LogP contribution is -2.95. The van der Waals surface area contributed by atoms with Gasteiger partial charge < -0.3 is 47.0 Å². The number of hydrogen-bond donors (Lipinski definition) is 0. The minimum Gasteiger partial charge on any atom is -0.472 e. The number of rotatable bonds is 8. The van der Waals surface area contributed by atoms with Gasteiger partial charge in [0.25, 0.3) is 5.97 Å². The van der Waals surface area contributed by atoms with Gasteiger partial charge in [-0.3, -0.25) is 28.8 Å². The lowest BCUT2D eigenvalue weighted by atomic mass is 9.33. The minimum absolute atomic E-state index is 0.0479. The summed E-state index contributed by atoms with van der Waals surface area (Å²) in [6, 6.07) is 1.69. The van der Waals surface area contributed by atoms with Gasteiger partial charge in [0.05, 0.1) is 31.5 Å². The number of carbonyl (C=O) groups excluding carboxylic acids is 6. The molecule has 0 aromatic carbocycles. The predicted molar refractivity (Wildman–Crippen MR) is 170 cm³/mol. The van der Waals surface area contributed by atoms with E-state index in [2.05, 4.69) is 0 Å². The molecule has 0 amide bonds. The van der Waals surface area contributed by atoms with Gasteiger partial charge in [0.2, 0.25) is 5.60 Å². The third-order valence-corrected chi connectivity index (χ3v) is 13.9. The van der Waals surface area contributed by atoms with Crippen LogP contribution >= 0.6 is 0 Å². The molecule has 0 radical (unpaired) electrons. The summed E-state index contributed by atoms with van der Waals surface area (Å²) < 4.78 is 63.5. The molecule has 7 fully saturated rings. The summed E-state index contributed by atoms with van der Waals surface area (Å²) in [7, 11) is 1.24. The molecular formula is C37H44O16. The van der Waals surface area contributed by atoms with Crippen LogP contribution in [0.15, 0.2) is 23.0 Å². The van der Waals surface area contributed by atoms with Crippen molar-refractivity contribution in [2.24, 2.45) is 28.1 Å². The number of ether oxygens (including phenoxy) is 9. The van der Waals surface area contributed by atoms with E-state index in [4.69, 9.17) is 47.0 Å². The minimum atomic E-state index is -2.21. The third-order valence-electron chi connectivity index (χ3n) is 13.9. The summed E-state index contributed by atoms with van der Waals surface area (Å²) in [5.74, 6) is -8.14. The van der Waals surface area contributed by atoms with Crippen molar-refractivity contribution < 1.29 is 75.8 Å². The van der Waals surface area contributed by atoms with Crippen molar-refractivity contribution in [3.63, 3.8) is 0 Å². The first-order chi connectivity index (χ1) is 24.8. The van der Waals surface area contributed by atoms with Crippen LogP contribution in [0.2, 0.25) is 0 Å². The van der Waals surface area contributed by atoms with Gasteiger partial charge in [-0.05, 0) is 31.2 Å². The Labute approximate surface area is 304 Å². The molecule has 16 nitrogen and oxygen atoms in total. The quantitative estimate of drug-likeness (QED) is 0.278. The Balaban J connectivity index is 1.54. The van der Waals surface area contributed by atoms with Gasteiger partial charge >= 0.3 is 35.8 Å². The van der Waals surface area contributed by atoms with Crippen molar-refractivity contribution in [2.45, 2.75) is 127 Å². The van der Waals surface area contributed by atoms with E-state index in [0.29, 0.717) is 12.0 Å². The van der Waals surface area contributed by atoms with Crippen LogP contribution in [0.1, 0.15) is 92.2 Å². The van der Waals surface area contributed by atoms with E-state index in [1.807, 2.05) is 6.92 Å². The molecule has 4 bridgehead atoms. The van der Waals surface area contributed by atoms with E-state index in [-0.39, 0.29) is 25.7 Å². The van der Waals surface area contributed by atoms with Gasteiger partial charge in [-0.2, -0.15) is 0 Å². The number of furan rings is 1. The Kier molecular flexibility index (Phi) is 7.34. The van der Waals surface area contributed by atoms with E-state index in [1.54, 1.807) is 19.9 Å². The number of cyclic esters (lactones) is 1. The Morgan fingerprint density at radius 2 is 1.53 bits per heavy atom. The lowest BCUT2D eigenvalue weighted by Gasteiger charge is -2.77. The second-order valence-electron chi connectivity index (χ2n) is 16.4. The van der Waals surface area contributed by atoms with E-state index in [1.165, 1.54) is 47.3 Å². The van der Waals surface area contributed by atoms with Crippen molar-refractivity contribution in [1.82, 2.24) is 0 Å². The first kappa shape index (κ1) is 36.0. The maximum Gasteiger partial charge on any atom is 0.306 e. The van der Waals surface area contributed by atoms with Crippen LogP contribution in [-0.2, 0) is 71.4 Å². The molecule has 16 heteroatoms. The molecule has 288 valence electrons. The highest BCUT2D eigenvalue weighted by molar-refractivity contribution is 5.75. The zero-order chi connectivity index (χ0) is 38.4. The second-order valence-corrected chi connectivity index (χ2v) is 16.4. The zero-order valence-electron chi connectivity index (χ0n) is 30.9. The third kappa shape index (κ3) is 3.91. The van der Waals surface area contributed by atoms with Crippen molar-refractivity contribution in [3.05, 3.63) is 24.2 Å². The summed E-state index contributed by atoms with van der Waals surface area (Å²) in [5.41, 5.74) is -11.1. The fourth-order valence-corrected chi connectivity index (χ4v) is 13.0. The lowest BCUT2D eigenvalue weighted by molar-refractivity contribution is -0.483. The van der Waals surface area contributed by atoms with Crippen molar-refractivity contribution in [3.8, 4) is 0 Å². The molecule has 53 heavy (non-hydrogen) atoms. The van der Waals surface area contributed by atoms with Gasteiger partial charge in [-0.15, -0.1) is 0 Å². The summed E-state index contributed by atoms with van der Waals surface area (Å²) in [5, 5.41) is 0. The molecule has 1 aromatic rings. The Morgan fingerprint density at radius 3 is 2.13 bits per heavy atom. The van der Waals surface area contributed by atoms with Crippen LogP contribution in [-0.4, -0.2) is 90.1 Å². The summed E-state index contributed by atoms with van der Waals surface area (Å²) >= 11 is 0. The highest BCUT2D eigenvalue weighted by Gasteiger charge is 3.06. The van der Waals surface area contributed by atoms with Gasteiger partial charge in [-0.25, -0.2) is 0 Å². The van der Waals surface area contributed by atoms with Crippen LogP contribution in [0.5, 0.6) is 0 Å². The molecule has 8 rings (SSSR count). The number of hydrogen-bond acceptors (Lipinski definition) is 16. The fourth-order valence-electron chi connectivity index (χ4n) is 13.0. The van der Waals surface area contributed by atoms with Gasteiger partial charge in [-0.1, -0.05) is 13.8 Å². The van der Waals surface area contributed by atoms with Crippen LogP contribution in [0.25, 0.3) is 0 Å². The van der Waals surface area contributed by atoms with Gasteiger partial charge in [0.15, 0.2) is 12.2 Å². The average Bonchev–Trinajstić information content (AvgIpc) is 3.76. The molecule has 7 aliphatic rings. The molecule has 3 saturated heterocycles. The molecule has 0 N–H and O–H groups in total. The molecule has 2 spiro atoms. The number of carbonyl (C=O) groups is 6. The summed E-state index contributed by atoms with van der Waals surface area (Å²) in [6.07, 6.45) is -1.22. The topological polar surface area (TPSA) is 199 Å². The van der Waals surface area contributed by atoms with E-state index in [9.17, 15) is 28.8 Å². The highest BCUT2D eigenvalue weighted by Crippen LogP contribution is 2.90. The number of fused-ring (bicyclic) bond motifs is 3. The van der Waals surface area contributed by atoms with Gasteiger partial charge in [0, 0.05) is 63.4 Å². The first-order valence-electron chi connectivity index (χ1n) is 17.8. The smallest absolute Gasteiger partial charge is 0.306 e. The Hall–Kier alpha value is -4.02. The average molecular weight is 745 g/mol. The molecule has 3 aliphatic heterocycles. The molecule has 4 heterocycles.